The van der Waals surface area contributed by atoms with Gasteiger partial charge in [0.25, 0.3) is 0 Å². The van der Waals surface area contributed by atoms with E-state index in [2.05, 4.69) is 61.5 Å². The van der Waals surface area contributed by atoms with Gasteiger partial charge in [-0.2, -0.15) is 0 Å². The number of aliphatic hydroxyl groups is 1. The van der Waals surface area contributed by atoms with Gasteiger partial charge in [-0.05, 0) is 56.2 Å². The zero-order valence-corrected chi connectivity index (χ0v) is 16.1. The maximum absolute atomic E-state index is 11.1. The van der Waals surface area contributed by atoms with E-state index in [1.165, 1.54) is 18.5 Å². The van der Waals surface area contributed by atoms with Crippen LogP contribution in [-0.2, 0) is 5.60 Å². The molecule has 1 saturated carbocycles. The second-order valence-corrected chi connectivity index (χ2v) is 8.34. The number of hydrogen-bond acceptors (Lipinski definition) is 3. The number of rotatable bonds is 5. The summed E-state index contributed by atoms with van der Waals surface area (Å²) in [4.78, 5) is 2.36. The predicted octanol–water partition coefficient (Wildman–Crippen LogP) is 3.79. The SMILES string of the molecule is CC(C)c1ccc(C2(O)CCC(NCC3=CCN(C)CC3)CC2)cc1. The molecular formula is C22H34N2O. The van der Waals surface area contributed by atoms with E-state index in [4.69, 9.17) is 0 Å². The number of benzene rings is 1. The molecule has 3 nitrogen and oxygen atoms in total. The van der Waals surface area contributed by atoms with Crippen LogP contribution in [0.25, 0.3) is 0 Å². The quantitative estimate of drug-likeness (QED) is 0.799. The van der Waals surface area contributed by atoms with Gasteiger partial charge in [-0.3, -0.25) is 0 Å². The molecule has 3 heteroatoms. The Kier molecular flexibility index (Phi) is 5.98. The van der Waals surface area contributed by atoms with Gasteiger partial charge >= 0.3 is 0 Å². The van der Waals surface area contributed by atoms with Gasteiger partial charge in [-0.25, -0.2) is 0 Å². The molecule has 1 fully saturated rings. The molecule has 0 amide bonds. The van der Waals surface area contributed by atoms with Gasteiger partial charge < -0.3 is 15.3 Å². The van der Waals surface area contributed by atoms with Crippen molar-refractivity contribution < 1.29 is 5.11 Å². The maximum Gasteiger partial charge on any atom is 0.0897 e. The summed E-state index contributed by atoms with van der Waals surface area (Å²) in [7, 11) is 2.18. The topological polar surface area (TPSA) is 35.5 Å². The smallest absolute Gasteiger partial charge is 0.0897 e. The molecule has 1 aliphatic carbocycles. The van der Waals surface area contributed by atoms with Gasteiger partial charge in [0, 0.05) is 25.7 Å². The molecule has 0 atom stereocenters. The highest BCUT2D eigenvalue weighted by molar-refractivity contribution is 5.29. The Morgan fingerprint density at radius 1 is 1.20 bits per heavy atom. The van der Waals surface area contributed by atoms with E-state index in [-0.39, 0.29) is 0 Å². The number of hydrogen-bond donors (Lipinski definition) is 2. The first-order valence-electron chi connectivity index (χ1n) is 9.89. The zero-order chi connectivity index (χ0) is 17.9. The van der Waals surface area contributed by atoms with Gasteiger partial charge in [0.1, 0.15) is 0 Å². The highest BCUT2D eigenvalue weighted by Gasteiger charge is 2.34. The first-order valence-corrected chi connectivity index (χ1v) is 9.89. The zero-order valence-electron chi connectivity index (χ0n) is 16.1. The molecule has 25 heavy (non-hydrogen) atoms. The van der Waals surface area contributed by atoms with Crippen LogP contribution in [0.3, 0.4) is 0 Å². The summed E-state index contributed by atoms with van der Waals surface area (Å²) in [6.45, 7) is 7.68. The predicted molar refractivity (Wildman–Crippen MR) is 105 cm³/mol. The molecule has 2 aliphatic rings. The minimum Gasteiger partial charge on any atom is -0.385 e. The van der Waals surface area contributed by atoms with Crippen LogP contribution in [0.2, 0.25) is 0 Å². The highest BCUT2D eigenvalue weighted by atomic mass is 16.3. The third-order valence-electron chi connectivity index (χ3n) is 6.05. The first-order chi connectivity index (χ1) is 12.0. The summed E-state index contributed by atoms with van der Waals surface area (Å²) in [6, 6.07) is 9.15. The molecule has 0 aromatic heterocycles. The second kappa shape index (κ2) is 8.03. The minimum atomic E-state index is -0.638. The average molecular weight is 343 g/mol. The van der Waals surface area contributed by atoms with Gasteiger partial charge in [0.15, 0.2) is 0 Å². The summed E-state index contributed by atoms with van der Waals surface area (Å²) in [5.41, 5.74) is 3.34. The fraction of sp³-hybridized carbons (Fsp3) is 0.636. The van der Waals surface area contributed by atoms with Crippen LogP contribution < -0.4 is 5.32 Å². The van der Waals surface area contributed by atoms with Crippen LogP contribution in [0.5, 0.6) is 0 Å². The third kappa shape index (κ3) is 4.72. The van der Waals surface area contributed by atoms with Crippen molar-refractivity contribution in [2.24, 2.45) is 0 Å². The fourth-order valence-corrected chi connectivity index (χ4v) is 4.02. The van der Waals surface area contributed by atoms with Crippen molar-refractivity contribution in [2.75, 3.05) is 26.7 Å². The standard InChI is InChI=1S/C22H34N2O/c1-17(2)19-4-6-20(7-5-19)22(25)12-8-21(9-13-22)23-16-18-10-14-24(3)15-11-18/h4-7,10,17,21,23,25H,8-9,11-16H2,1-3H3. The average Bonchev–Trinajstić information content (AvgIpc) is 2.63. The Labute approximate surface area is 153 Å². The number of nitrogens with zero attached hydrogens (tertiary/aromatic N) is 1. The van der Waals surface area contributed by atoms with Gasteiger partial charge in [-0.1, -0.05) is 49.8 Å². The Morgan fingerprint density at radius 3 is 2.44 bits per heavy atom. The normalized spacial score (nSPS) is 28.2. The van der Waals surface area contributed by atoms with Crippen LogP contribution in [0, 0.1) is 0 Å². The Hall–Kier alpha value is -1.16. The molecule has 0 unspecified atom stereocenters. The molecule has 1 aromatic rings. The van der Waals surface area contributed by atoms with E-state index >= 15 is 0 Å². The van der Waals surface area contributed by atoms with E-state index in [0.717, 1.165) is 44.3 Å². The summed E-state index contributed by atoms with van der Waals surface area (Å²) in [5, 5.41) is 14.8. The summed E-state index contributed by atoms with van der Waals surface area (Å²) in [5.74, 6) is 0.539. The van der Waals surface area contributed by atoms with E-state index in [0.29, 0.717) is 12.0 Å². The lowest BCUT2D eigenvalue weighted by Crippen LogP contribution is -2.41. The van der Waals surface area contributed by atoms with Crippen LogP contribution in [0.1, 0.15) is 63.0 Å². The molecule has 0 spiro atoms. The molecule has 3 rings (SSSR count). The molecule has 138 valence electrons. The lowest BCUT2D eigenvalue weighted by Gasteiger charge is -2.37. The highest BCUT2D eigenvalue weighted by Crippen LogP contribution is 2.37. The van der Waals surface area contributed by atoms with Crippen LogP contribution in [0.4, 0.5) is 0 Å². The number of nitrogens with one attached hydrogen (secondary N) is 1. The van der Waals surface area contributed by atoms with E-state index in [9.17, 15) is 5.11 Å². The van der Waals surface area contributed by atoms with Crippen molar-refractivity contribution in [2.45, 2.75) is 63.5 Å². The molecule has 2 N–H and O–H groups in total. The summed E-state index contributed by atoms with van der Waals surface area (Å²) < 4.78 is 0. The van der Waals surface area contributed by atoms with Gasteiger partial charge in [-0.15, -0.1) is 0 Å². The molecular weight excluding hydrogens is 308 g/mol. The Bertz CT molecular complexity index is 583. The van der Waals surface area contributed by atoms with Gasteiger partial charge in [0.2, 0.25) is 0 Å². The maximum atomic E-state index is 11.1. The van der Waals surface area contributed by atoms with Crippen molar-refractivity contribution >= 4 is 0 Å². The van der Waals surface area contributed by atoms with Crippen LogP contribution in [-0.4, -0.2) is 42.7 Å². The molecule has 0 saturated heterocycles. The third-order valence-corrected chi connectivity index (χ3v) is 6.05. The van der Waals surface area contributed by atoms with Crippen LogP contribution >= 0.6 is 0 Å². The lowest BCUT2D eigenvalue weighted by atomic mass is 9.77. The van der Waals surface area contributed by atoms with E-state index < -0.39 is 5.60 Å². The Morgan fingerprint density at radius 2 is 1.88 bits per heavy atom. The Balaban J connectivity index is 1.50. The van der Waals surface area contributed by atoms with E-state index in [1.807, 2.05) is 0 Å². The molecule has 0 radical (unpaired) electrons. The summed E-state index contributed by atoms with van der Waals surface area (Å²) in [6.07, 6.45) is 7.36. The second-order valence-electron chi connectivity index (χ2n) is 8.34. The minimum absolute atomic E-state index is 0.538. The van der Waals surface area contributed by atoms with Crippen molar-refractivity contribution in [3.05, 3.63) is 47.0 Å². The van der Waals surface area contributed by atoms with Crippen molar-refractivity contribution in [3.8, 4) is 0 Å². The largest absolute Gasteiger partial charge is 0.385 e. The van der Waals surface area contributed by atoms with Gasteiger partial charge in [0.05, 0.1) is 5.60 Å². The monoisotopic (exact) mass is 342 g/mol. The molecule has 0 bridgehead atoms. The van der Waals surface area contributed by atoms with Crippen molar-refractivity contribution in [1.29, 1.82) is 0 Å². The van der Waals surface area contributed by atoms with E-state index in [1.54, 1.807) is 5.57 Å². The molecule has 1 aromatic carbocycles. The van der Waals surface area contributed by atoms with Crippen molar-refractivity contribution in [3.63, 3.8) is 0 Å². The summed E-state index contributed by atoms with van der Waals surface area (Å²) >= 11 is 0. The number of likely N-dealkylation sites (N-methyl/N-ethyl adjacent to an activating group) is 1. The fourth-order valence-electron chi connectivity index (χ4n) is 4.02. The first kappa shape index (κ1) is 18.6. The molecule has 1 aliphatic heterocycles. The molecule has 1 heterocycles. The van der Waals surface area contributed by atoms with Crippen molar-refractivity contribution in [1.82, 2.24) is 10.2 Å². The lowest BCUT2D eigenvalue weighted by molar-refractivity contribution is -0.00809. The van der Waals surface area contributed by atoms with Crippen LogP contribution in [0.15, 0.2) is 35.9 Å².